The molecule has 0 spiro atoms. The molecule has 0 bridgehead atoms. The summed E-state index contributed by atoms with van der Waals surface area (Å²) in [5.41, 5.74) is 2.53. The van der Waals surface area contributed by atoms with Gasteiger partial charge in [0.15, 0.2) is 0 Å². The van der Waals surface area contributed by atoms with E-state index in [4.69, 9.17) is 28.0 Å². The summed E-state index contributed by atoms with van der Waals surface area (Å²) in [4.78, 5) is 16.9. The molecule has 2 heterocycles. The Bertz CT molecular complexity index is 1710. The average Bonchev–Trinajstić information content (AvgIpc) is 3.26. The molecule has 11 heteroatoms. The summed E-state index contributed by atoms with van der Waals surface area (Å²) in [5.74, 6) is 2.58. The van der Waals surface area contributed by atoms with Crippen molar-refractivity contribution in [3.8, 4) is 23.0 Å². The average molecular weight is 634 g/mol. The maximum Gasteiger partial charge on any atom is 0.372 e. The fraction of sp³-hybridized carbons (Fsp3) is 0.125. The van der Waals surface area contributed by atoms with Crippen molar-refractivity contribution in [2.24, 2.45) is 0 Å². The van der Waals surface area contributed by atoms with Crippen molar-refractivity contribution in [3.05, 3.63) is 95.1 Å². The molecule has 0 saturated carbocycles. The van der Waals surface area contributed by atoms with E-state index >= 15 is 0 Å². The van der Waals surface area contributed by atoms with Gasteiger partial charge in [-0.15, -0.1) is 0 Å². The highest BCUT2D eigenvalue weighted by Gasteiger charge is 2.28. The number of methoxy groups -OCH3 is 4. The fourth-order valence-electron chi connectivity index (χ4n) is 4.74. The van der Waals surface area contributed by atoms with Crippen molar-refractivity contribution in [2.75, 3.05) is 28.4 Å². The molecule has 6 rings (SSSR count). The molecule has 4 aromatic rings. The second kappa shape index (κ2) is 12.0. The van der Waals surface area contributed by atoms with Gasteiger partial charge in [-0.1, -0.05) is 35.7 Å². The Morgan fingerprint density at radius 3 is 1.44 bits per heavy atom. The molecule has 0 aromatic heterocycles. The van der Waals surface area contributed by atoms with Crippen molar-refractivity contribution in [1.29, 1.82) is 0 Å². The summed E-state index contributed by atoms with van der Waals surface area (Å²) in [6.45, 7) is 0. The first kappa shape index (κ1) is 29.1. The zero-order valence-corrected chi connectivity index (χ0v) is 26.1. The second-order valence-corrected chi connectivity index (χ2v) is 12.7. The van der Waals surface area contributed by atoms with Crippen LogP contribution in [0.1, 0.15) is 22.3 Å². The van der Waals surface area contributed by atoms with Crippen LogP contribution < -0.4 is 23.8 Å². The Morgan fingerprint density at radius 2 is 1.05 bits per heavy atom. The Kier molecular flexibility index (Phi) is 8.11. The number of phosphoric acid groups is 1. The molecular formula is C32H26O8PS2-. The number of ether oxygens (including phenoxy) is 4. The molecule has 0 aliphatic carbocycles. The summed E-state index contributed by atoms with van der Waals surface area (Å²) in [7, 11) is 1.24. The summed E-state index contributed by atoms with van der Waals surface area (Å²) < 4.78 is 47.4. The van der Waals surface area contributed by atoms with Crippen LogP contribution in [0.5, 0.6) is 23.0 Å². The van der Waals surface area contributed by atoms with E-state index in [-0.39, 0.29) is 11.5 Å². The molecule has 4 aromatic carbocycles. The summed E-state index contributed by atoms with van der Waals surface area (Å²) in [5, 5.41) is 0. The number of phosphoric ester groups is 1. The third-order valence-corrected chi connectivity index (χ3v) is 10.1. The van der Waals surface area contributed by atoms with Crippen molar-refractivity contribution < 1.29 is 37.5 Å². The van der Waals surface area contributed by atoms with Crippen LogP contribution in [0.15, 0.2) is 92.4 Å². The number of hydrogen-bond acceptors (Lipinski definition) is 10. The molecule has 43 heavy (non-hydrogen) atoms. The number of rotatable bonds is 8. The quantitative estimate of drug-likeness (QED) is 0.179. The van der Waals surface area contributed by atoms with Gasteiger partial charge in [-0.2, -0.15) is 0 Å². The van der Waals surface area contributed by atoms with E-state index in [1.807, 2.05) is 48.5 Å². The molecule has 0 N–H and O–H groups in total. The maximum atomic E-state index is 13.8. The Morgan fingerprint density at radius 1 is 0.605 bits per heavy atom. The minimum atomic E-state index is -5.04. The first-order valence-corrected chi connectivity index (χ1v) is 16.1. The van der Waals surface area contributed by atoms with Crippen LogP contribution in [0.2, 0.25) is 0 Å². The molecule has 0 unspecified atom stereocenters. The first-order chi connectivity index (χ1) is 20.8. The van der Waals surface area contributed by atoms with E-state index < -0.39 is 7.82 Å². The highest BCUT2D eigenvalue weighted by Crippen LogP contribution is 2.55. The molecule has 0 saturated heterocycles. The molecule has 2 aliphatic rings. The lowest BCUT2D eigenvalue weighted by Crippen LogP contribution is -2.08. The van der Waals surface area contributed by atoms with Crippen LogP contribution in [-0.4, -0.2) is 28.4 Å². The van der Waals surface area contributed by atoms with Gasteiger partial charge in [0.05, 0.1) is 38.2 Å². The van der Waals surface area contributed by atoms with Gasteiger partial charge in [0.1, 0.15) is 34.5 Å². The second-order valence-electron chi connectivity index (χ2n) is 9.33. The highest BCUT2D eigenvalue weighted by atomic mass is 32.2. The van der Waals surface area contributed by atoms with Gasteiger partial charge in [-0.3, -0.25) is 0 Å². The van der Waals surface area contributed by atoms with Crippen LogP contribution in [0.25, 0.3) is 23.7 Å². The predicted octanol–water partition coefficient (Wildman–Crippen LogP) is 7.85. The monoisotopic (exact) mass is 633 g/mol. The SMILES string of the molecule is COc1ccc2c(c1)C=C(OP(=O)([O-])OC1=Cc3cc(OC)ccc3Sc3c(OC)cccc31)c1cccc(OC)c1S2. The fourth-order valence-corrected chi connectivity index (χ4v) is 7.80. The molecular weight excluding hydrogens is 607 g/mol. The van der Waals surface area contributed by atoms with E-state index in [9.17, 15) is 9.46 Å². The largest absolute Gasteiger partial charge is 0.736 e. The summed E-state index contributed by atoms with van der Waals surface area (Å²) in [6.07, 6.45) is 3.33. The Balaban J connectivity index is 1.44. The van der Waals surface area contributed by atoms with Crippen molar-refractivity contribution in [1.82, 2.24) is 0 Å². The molecule has 0 fully saturated rings. The molecule has 0 radical (unpaired) electrons. The van der Waals surface area contributed by atoms with Crippen molar-refractivity contribution in [3.63, 3.8) is 0 Å². The maximum absolute atomic E-state index is 13.8. The minimum absolute atomic E-state index is 0.0864. The normalized spacial score (nSPS) is 13.4. The van der Waals surface area contributed by atoms with Gasteiger partial charge in [-0.25, -0.2) is 4.57 Å². The third kappa shape index (κ3) is 5.84. The topological polar surface area (TPSA) is 95.5 Å². The van der Waals surface area contributed by atoms with Crippen LogP contribution in [0, 0.1) is 0 Å². The van der Waals surface area contributed by atoms with Gasteiger partial charge in [0.2, 0.25) is 0 Å². The van der Waals surface area contributed by atoms with Crippen molar-refractivity contribution in [2.45, 2.75) is 19.6 Å². The van der Waals surface area contributed by atoms with Gasteiger partial charge < -0.3 is 32.9 Å². The zero-order valence-electron chi connectivity index (χ0n) is 23.6. The lowest BCUT2D eigenvalue weighted by atomic mass is 10.1. The third-order valence-electron chi connectivity index (χ3n) is 6.78. The lowest BCUT2D eigenvalue weighted by Gasteiger charge is -2.27. The van der Waals surface area contributed by atoms with Crippen molar-refractivity contribution >= 4 is 55.0 Å². The van der Waals surface area contributed by atoms with Crippen LogP contribution >= 0.6 is 31.3 Å². The first-order valence-electron chi connectivity index (χ1n) is 13.0. The summed E-state index contributed by atoms with van der Waals surface area (Å²) in [6, 6.07) is 21.9. The molecule has 0 atom stereocenters. The number of fused-ring (bicyclic) bond motifs is 4. The Hall–Kier alpha value is -3.95. The number of hydrogen-bond donors (Lipinski definition) is 0. The standard InChI is InChI=1S/C32H27O8PS2/c1-35-21-11-13-29-19(15-21)17-27(23-7-5-9-25(37-3)31(23)42-29)39-41(33,34)40-28-18-20-16-22(36-2)12-14-30(20)43-32-24(28)8-6-10-26(32)38-4/h5-18H,1-4H3,(H,33,34)/p-1. The highest BCUT2D eigenvalue weighted by molar-refractivity contribution is 8.00. The Labute approximate surface area is 257 Å². The van der Waals surface area contributed by atoms with Gasteiger partial charge >= 0.3 is 7.82 Å². The lowest BCUT2D eigenvalue weighted by molar-refractivity contribution is -0.213. The van der Waals surface area contributed by atoms with E-state index in [1.165, 1.54) is 23.5 Å². The van der Waals surface area contributed by atoms with Gasteiger partial charge in [-0.05, 0) is 83.9 Å². The van der Waals surface area contributed by atoms with Crippen LogP contribution in [0.4, 0.5) is 0 Å². The smallest absolute Gasteiger partial charge is 0.372 e. The van der Waals surface area contributed by atoms with Crippen LogP contribution in [-0.2, 0) is 13.6 Å². The van der Waals surface area contributed by atoms with E-state index in [1.54, 1.807) is 64.9 Å². The molecule has 2 aliphatic heterocycles. The van der Waals surface area contributed by atoms with E-state index in [2.05, 4.69) is 0 Å². The zero-order chi connectivity index (χ0) is 30.1. The molecule has 8 nitrogen and oxygen atoms in total. The van der Waals surface area contributed by atoms with E-state index in [0.717, 1.165) is 20.9 Å². The minimum Gasteiger partial charge on any atom is -0.736 e. The van der Waals surface area contributed by atoms with E-state index in [0.29, 0.717) is 43.9 Å². The van der Waals surface area contributed by atoms with Gasteiger partial charge in [0, 0.05) is 20.9 Å². The van der Waals surface area contributed by atoms with Crippen LogP contribution in [0.3, 0.4) is 0 Å². The number of benzene rings is 4. The predicted molar refractivity (Wildman–Crippen MR) is 166 cm³/mol. The van der Waals surface area contributed by atoms with Gasteiger partial charge in [0.25, 0.3) is 0 Å². The molecule has 220 valence electrons. The molecule has 0 amide bonds. The summed E-state index contributed by atoms with van der Waals surface area (Å²) >= 11 is 2.89.